The normalized spacial score (nSPS) is 10.9. The van der Waals surface area contributed by atoms with Gasteiger partial charge < -0.3 is 4.74 Å². The van der Waals surface area contributed by atoms with E-state index in [1.807, 2.05) is 36.4 Å². The number of carbonyl (C=O) groups excluding carboxylic acids is 2. The van der Waals surface area contributed by atoms with Gasteiger partial charge in [-0.2, -0.15) is 0 Å². The number of esters is 1. The quantitative estimate of drug-likeness (QED) is 0.157. The Hall–Kier alpha value is -4.00. The van der Waals surface area contributed by atoms with Gasteiger partial charge in [0.25, 0.3) is 5.56 Å². The van der Waals surface area contributed by atoms with Gasteiger partial charge in [-0.05, 0) is 59.0 Å². The maximum Gasteiger partial charge on any atom is 0.355 e. The van der Waals surface area contributed by atoms with Crippen LogP contribution in [0, 0.1) is 0 Å². The molecule has 38 heavy (non-hydrogen) atoms. The Bertz CT molecular complexity index is 1730. The van der Waals surface area contributed by atoms with Gasteiger partial charge in [0.05, 0.1) is 13.7 Å². The third kappa shape index (κ3) is 4.93. The average molecular weight is 587 g/mol. The minimum absolute atomic E-state index is 0.116. The average Bonchev–Trinajstić information content (AvgIpc) is 2.94. The summed E-state index contributed by atoms with van der Waals surface area (Å²) >= 11 is 9.43. The van der Waals surface area contributed by atoms with Gasteiger partial charge in [-0.25, -0.2) is 4.79 Å². The molecule has 0 unspecified atom stereocenters. The highest BCUT2D eigenvalue weighted by Crippen LogP contribution is 2.33. The summed E-state index contributed by atoms with van der Waals surface area (Å²) in [5.41, 5.74) is 3.03. The molecule has 0 spiro atoms. The van der Waals surface area contributed by atoms with Crippen LogP contribution in [0.2, 0.25) is 5.02 Å². The van der Waals surface area contributed by atoms with Gasteiger partial charge in [-0.3, -0.25) is 14.2 Å². The molecule has 1 aromatic heterocycles. The Morgan fingerprint density at radius 2 is 1.47 bits per heavy atom. The number of aromatic nitrogens is 1. The second kappa shape index (κ2) is 10.8. The fourth-order valence-corrected chi connectivity index (χ4v) is 4.98. The van der Waals surface area contributed by atoms with Crippen molar-refractivity contribution >= 4 is 50.1 Å². The van der Waals surface area contributed by atoms with E-state index in [2.05, 4.69) is 15.9 Å². The van der Waals surface area contributed by atoms with Gasteiger partial charge >= 0.3 is 5.97 Å². The number of nitrogens with zero attached hydrogens (tertiary/aromatic N) is 1. The number of hydrogen-bond acceptors (Lipinski definition) is 4. The van der Waals surface area contributed by atoms with E-state index in [1.165, 1.54) is 11.7 Å². The number of ether oxygens (including phenoxy) is 1. The molecule has 0 fully saturated rings. The van der Waals surface area contributed by atoms with Crippen molar-refractivity contribution in [2.24, 2.45) is 0 Å². The lowest BCUT2D eigenvalue weighted by atomic mass is 9.96. The van der Waals surface area contributed by atoms with E-state index in [0.29, 0.717) is 32.5 Å². The number of pyridine rings is 1. The predicted molar refractivity (Wildman–Crippen MR) is 153 cm³/mol. The van der Waals surface area contributed by atoms with E-state index in [-0.39, 0.29) is 23.6 Å². The molecular formula is C31H21BrClNO4. The van der Waals surface area contributed by atoms with Crippen molar-refractivity contribution < 1.29 is 14.3 Å². The van der Waals surface area contributed by atoms with Crippen LogP contribution in [0.5, 0.6) is 0 Å². The largest absolute Gasteiger partial charge is 0.464 e. The molecule has 4 aromatic carbocycles. The first-order chi connectivity index (χ1) is 18.4. The van der Waals surface area contributed by atoms with Crippen LogP contribution in [0.4, 0.5) is 0 Å². The molecule has 1 heterocycles. The number of hydrogen-bond donors (Lipinski definition) is 0. The minimum atomic E-state index is -0.614. The van der Waals surface area contributed by atoms with Crippen LogP contribution in [0.3, 0.4) is 0 Å². The zero-order valence-electron chi connectivity index (χ0n) is 20.3. The van der Waals surface area contributed by atoms with E-state index < -0.39 is 5.97 Å². The number of methoxy groups -OCH3 is 1. The van der Waals surface area contributed by atoms with Crippen LogP contribution in [-0.4, -0.2) is 23.4 Å². The standard InChI is InChI=1S/C31H21BrClNO4/c1-38-31(37)28-27(20-5-3-2-4-6-20)26-17-23(32)13-16-25(26)30(36)34(28)18-19-7-9-21(10-8-19)29(35)22-11-14-24(33)15-12-22/h2-17H,18H2,1H3. The molecule has 0 saturated carbocycles. The molecular weight excluding hydrogens is 566 g/mol. The van der Waals surface area contributed by atoms with E-state index in [1.54, 1.807) is 60.7 Å². The molecule has 0 atom stereocenters. The third-order valence-corrected chi connectivity index (χ3v) is 7.08. The Morgan fingerprint density at radius 1 is 0.842 bits per heavy atom. The second-order valence-corrected chi connectivity index (χ2v) is 10.0. The highest BCUT2D eigenvalue weighted by molar-refractivity contribution is 9.10. The molecule has 0 aliphatic carbocycles. The van der Waals surface area contributed by atoms with Crippen LogP contribution in [0.1, 0.15) is 32.0 Å². The monoisotopic (exact) mass is 585 g/mol. The molecule has 5 rings (SSSR count). The lowest BCUT2D eigenvalue weighted by Gasteiger charge is -2.19. The Labute approximate surface area is 232 Å². The molecule has 0 N–H and O–H groups in total. The van der Waals surface area contributed by atoms with Crippen molar-refractivity contribution in [2.45, 2.75) is 6.54 Å². The van der Waals surface area contributed by atoms with Gasteiger partial charge in [0.15, 0.2) is 5.78 Å². The lowest BCUT2D eigenvalue weighted by Crippen LogP contribution is -2.28. The van der Waals surface area contributed by atoms with E-state index in [9.17, 15) is 14.4 Å². The number of ketones is 1. The smallest absolute Gasteiger partial charge is 0.355 e. The first-order valence-corrected chi connectivity index (χ1v) is 12.9. The summed E-state index contributed by atoms with van der Waals surface area (Å²) in [6.07, 6.45) is 0. The van der Waals surface area contributed by atoms with Crippen molar-refractivity contribution in [3.63, 3.8) is 0 Å². The molecule has 0 amide bonds. The summed E-state index contributed by atoms with van der Waals surface area (Å²) in [6.45, 7) is 0.116. The van der Waals surface area contributed by atoms with Crippen molar-refractivity contribution in [1.82, 2.24) is 4.57 Å². The van der Waals surface area contributed by atoms with Crippen molar-refractivity contribution in [1.29, 1.82) is 0 Å². The summed E-state index contributed by atoms with van der Waals surface area (Å²) in [5, 5.41) is 1.69. The number of benzene rings is 4. The molecule has 5 aromatic rings. The maximum absolute atomic E-state index is 13.7. The van der Waals surface area contributed by atoms with E-state index in [0.717, 1.165) is 15.6 Å². The maximum atomic E-state index is 13.7. The summed E-state index contributed by atoms with van der Waals surface area (Å²) in [4.78, 5) is 39.8. The SMILES string of the molecule is COC(=O)c1c(-c2ccccc2)c2cc(Br)ccc2c(=O)n1Cc1ccc(C(=O)c2ccc(Cl)cc2)cc1. The predicted octanol–water partition coefficient (Wildman–Crippen LogP) is 7.15. The highest BCUT2D eigenvalue weighted by atomic mass is 79.9. The van der Waals surface area contributed by atoms with Crippen molar-refractivity contribution in [2.75, 3.05) is 7.11 Å². The van der Waals surface area contributed by atoms with Gasteiger partial charge in [-0.1, -0.05) is 82.1 Å². The van der Waals surface area contributed by atoms with Gasteiger partial charge in [0, 0.05) is 31.6 Å². The van der Waals surface area contributed by atoms with E-state index in [4.69, 9.17) is 16.3 Å². The van der Waals surface area contributed by atoms with Crippen LogP contribution in [0.25, 0.3) is 21.9 Å². The topological polar surface area (TPSA) is 65.4 Å². The second-order valence-electron chi connectivity index (χ2n) is 8.70. The molecule has 0 aliphatic heterocycles. The zero-order valence-corrected chi connectivity index (χ0v) is 22.6. The first-order valence-electron chi connectivity index (χ1n) is 11.8. The van der Waals surface area contributed by atoms with Crippen molar-refractivity contribution in [3.8, 4) is 11.1 Å². The van der Waals surface area contributed by atoms with Gasteiger partial charge in [-0.15, -0.1) is 0 Å². The molecule has 5 nitrogen and oxygen atoms in total. The Balaban J connectivity index is 1.64. The molecule has 0 radical (unpaired) electrons. The van der Waals surface area contributed by atoms with Crippen LogP contribution in [0.15, 0.2) is 106 Å². The Kier molecular flexibility index (Phi) is 7.27. The number of halogens is 2. The fourth-order valence-electron chi connectivity index (χ4n) is 4.49. The van der Waals surface area contributed by atoms with Crippen molar-refractivity contribution in [3.05, 3.63) is 139 Å². The van der Waals surface area contributed by atoms with Gasteiger partial charge in [0.1, 0.15) is 5.69 Å². The lowest BCUT2D eigenvalue weighted by molar-refractivity contribution is 0.0588. The molecule has 0 bridgehead atoms. The van der Waals surface area contributed by atoms with Crippen LogP contribution >= 0.6 is 27.5 Å². The summed E-state index contributed by atoms with van der Waals surface area (Å²) < 4.78 is 7.39. The third-order valence-electron chi connectivity index (χ3n) is 6.34. The summed E-state index contributed by atoms with van der Waals surface area (Å²) in [7, 11) is 1.30. The highest BCUT2D eigenvalue weighted by Gasteiger charge is 2.24. The summed E-state index contributed by atoms with van der Waals surface area (Å²) in [5.74, 6) is -0.749. The number of carbonyl (C=O) groups is 2. The van der Waals surface area contributed by atoms with Crippen LogP contribution < -0.4 is 5.56 Å². The number of rotatable bonds is 6. The fraction of sp³-hybridized carbons (Fsp3) is 0.0645. The van der Waals surface area contributed by atoms with Gasteiger partial charge in [0.2, 0.25) is 0 Å². The minimum Gasteiger partial charge on any atom is -0.464 e. The molecule has 188 valence electrons. The Morgan fingerprint density at radius 3 is 2.11 bits per heavy atom. The zero-order chi connectivity index (χ0) is 26.8. The molecule has 7 heteroatoms. The first kappa shape index (κ1) is 25.6. The number of fused-ring (bicyclic) bond motifs is 1. The molecule has 0 aliphatic rings. The summed E-state index contributed by atoms with van der Waals surface area (Å²) in [6, 6.07) is 28.5. The van der Waals surface area contributed by atoms with E-state index >= 15 is 0 Å². The molecule has 0 saturated heterocycles. The van der Waals surface area contributed by atoms with Crippen LogP contribution in [-0.2, 0) is 11.3 Å².